The number of nitrogens with one attached hydrogen (secondary N) is 2. The first-order chi connectivity index (χ1) is 11.8. The first-order valence-electron chi connectivity index (χ1n) is 8.20. The SMILES string of the molecule is CCNCc1cccc(NC(=O)c2ccc(C3SCCS3)cc2)c1. The minimum Gasteiger partial charge on any atom is -0.322 e. The van der Waals surface area contributed by atoms with E-state index < -0.39 is 0 Å². The van der Waals surface area contributed by atoms with Gasteiger partial charge in [-0.3, -0.25) is 4.79 Å². The summed E-state index contributed by atoms with van der Waals surface area (Å²) in [5, 5.41) is 6.28. The van der Waals surface area contributed by atoms with Gasteiger partial charge in [-0.25, -0.2) is 0 Å². The van der Waals surface area contributed by atoms with Gasteiger partial charge in [0.1, 0.15) is 0 Å². The highest BCUT2D eigenvalue weighted by atomic mass is 32.2. The smallest absolute Gasteiger partial charge is 0.255 e. The van der Waals surface area contributed by atoms with E-state index in [1.54, 1.807) is 0 Å². The summed E-state index contributed by atoms with van der Waals surface area (Å²) < 4.78 is 0.518. The minimum absolute atomic E-state index is 0.0612. The monoisotopic (exact) mass is 358 g/mol. The van der Waals surface area contributed by atoms with Gasteiger partial charge >= 0.3 is 0 Å². The van der Waals surface area contributed by atoms with Crippen LogP contribution in [0.15, 0.2) is 48.5 Å². The van der Waals surface area contributed by atoms with Crippen molar-refractivity contribution in [3.8, 4) is 0 Å². The molecule has 2 aromatic rings. The largest absolute Gasteiger partial charge is 0.322 e. The Morgan fingerprint density at radius 1 is 1.12 bits per heavy atom. The lowest BCUT2D eigenvalue weighted by molar-refractivity contribution is 0.102. The molecule has 3 rings (SSSR count). The van der Waals surface area contributed by atoms with Gasteiger partial charge in [0.15, 0.2) is 0 Å². The third-order valence-corrected chi connectivity index (χ3v) is 6.94. The van der Waals surface area contributed by atoms with Crippen molar-refractivity contribution in [2.24, 2.45) is 0 Å². The molecule has 0 unspecified atom stereocenters. The third kappa shape index (κ3) is 4.56. The predicted molar refractivity (Wildman–Crippen MR) is 106 cm³/mol. The van der Waals surface area contributed by atoms with Crippen molar-refractivity contribution in [3.63, 3.8) is 0 Å². The molecule has 1 saturated heterocycles. The predicted octanol–water partition coefficient (Wildman–Crippen LogP) is 4.53. The molecule has 1 heterocycles. The number of thioether (sulfide) groups is 2. The van der Waals surface area contributed by atoms with Crippen molar-refractivity contribution >= 4 is 35.1 Å². The maximum Gasteiger partial charge on any atom is 0.255 e. The molecule has 2 N–H and O–H groups in total. The van der Waals surface area contributed by atoms with E-state index in [-0.39, 0.29) is 5.91 Å². The Hall–Kier alpha value is -1.43. The third-order valence-electron chi connectivity index (χ3n) is 3.83. The molecule has 1 fully saturated rings. The fourth-order valence-corrected chi connectivity index (χ4v) is 5.43. The van der Waals surface area contributed by atoms with Gasteiger partial charge in [0.05, 0.1) is 4.58 Å². The van der Waals surface area contributed by atoms with E-state index in [4.69, 9.17) is 0 Å². The molecule has 1 aliphatic rings. The molecule has 2 aromatic carbocycles. The molecule has 5 heteroatoms. The fraction of sp³-hybridized carbons (Fsp3) is 0.316. The summed E-state index contributed by atoms with van der Waals surface area (Å²) in [6.07, 6.45) is 0. The van der Waals surface area contributed by atoms with Crippen molar-refractivity contribution in [1.29, 1.82) is 0 Å². The van der Waals surface area contributed by atoms with E-state index in [0.29, 0.717) is 10.1 Å². The van der Waals surface area contributed by atoms with Crippen LogP contribution in [0.25, 0.3) is 0 Å². The van der Waals surface area contributed by atoms with Crippen LogP contribution in [0.4, 0.5) is 5.69 Å². The molecule has 3 nitrogen and oxygen atoms in total. The second-order valence-corrected chi connectivity index (χ2v) is 8.35. The Labute approximate surface area is 152 Å². The number of rotatable bonds is 6. The molecule has 0 radical (unpaired) electrons. The number of hydrogen-bond acceptors (Lipinski definition) is 4. The van der Waals surface area contributed by atoms with Crippen molar-refractivity contribution in [1.82, 2.24) is 5.32 Å². The number of carbonyl (C=O) groups excluding carboxylic acids is 1. The quantitative estimate of drug-likeness (QED) is 0.796. The number of hydrogen-bond donors (Lipinski definition) is 2. The summed E-state index contributed by atoms with van der Waals surface area (Å²) in [5.41, 5.74) is 4.00. The summed E-state index contributed by atoms with van der Waals surface area (Å²) in [5.74, 6) is 2.36. The average Bonchev–Trinajstić information content (AvgIpc) is 3.15. The maximum absolute atomic E-state index is 12.4. The highest BCUT2D eigenvalue weighted by Crippen LogP contribution is 2.45. The second-order valence-electron chi connectivity index (χ2n) is 5.63. The lowest BCUT2D eigenvalue weighted by atomic mass is 10.1. The van der Waals surface area contributed by atoms with Crippen molar-refractivity contribution in [2.75, 3.05) is 23.4 Å². The van der Waals surface area contributed by atoms with Crippen LogP contribution in [0.5, 0.6) is 0 Å². The van der Waals surface area contributed by atoms with Gasteiger partial charge in [-0.1, -0.05) is 31.2 Å². The van der Waals surface area contributed by atoms with Gasteiger partial charge in [0.25, 0.3) is 5.91 Å². The summed E-state index contributed by atoms with van der Waals surface area (Å²) in [6, 6.07) is 16.0. The standard InChI is InChI=1S/C19H22N2OS2/c1-2-20-13-14-4-3-5-17(12-14)21-18(22)15-6-8-16(9-7-15)19-23-10-11-24-19/h3-9,12,19-20H,2,10-11,13H2,1H3,(H,21,22). The van der Waals surface area contributed by atoms with E-state index >= 15 is 0 Å². The molecule has 0 aliphatic carbocycles. The summed E-state index contributed by atoms with van der Waals surface area (Å²) >= 11 is 3.95. The van der Waals surface area contributed by atoms with Crippen LogP contribution in [0, 0.1) is 0 Å². The van der Waals surface area contributed by atoms with E-state index in [9.17, 15) is 4.79 Å². The fourth-order valence-electron chi connectivity index (χ4n) is 2.57. The highest BCUT2D eigenvalue weighted by Gasteiger charge is 2.18. The molecule has 24 heavy (non-hydrogen) atoms. The molecular formula is C19H22N2OS2. The lowest BCUT2D eigenvalue weighted by Crippen LogP contribution is -2.14. The van der Waals surface area contributed by atoms with Gasteiger partial charge < -0.3 is 10.6 Å². The first kappa shape index (κ1) is 17.4. The Balaban J connectivity index is 1.64. The van der Waals surface area contributed by atoms with Gasteiger partial charge in [-0.15, -0.1) is 23.5 Å². The van der Waals surface area contributed by atoms with Gasteiger partial charge in [0, 0.05) is 29.3 Å². The first-order valence-corrected chi connectivity index (χ1v) is 10.3. The van der Waals surface area contributed by atoms with Gasteiger partial charge in [-0.05, 0) is 41.9 Å². The number of benzene rings is 2. The van der Waals surface area contributed by atoms with Crippen LogP contribution in [0.3, 0.4) is 0 Å². The zero-order chi connectivity index (χ0) is 16.8. The molecule has 1 aliphatic heterocycles. The molecule has 1 amide bonds. The van der Waals surface area contributed by atoms with Crippen molar-refractivity contribution < 1.29 is 4.79 Å². The number of amides is 1. The average molecular weight is 359 g/mol. The van der Waals surface area contributed by atoms with E-state index in [1.807, 2.05) is 53.9 Å². The topological polar surface area (TPSA) is 41.1 Å². The van der Waals surface area contributed by atoms with E-state index in [1.165, 1.54) is 22.6 Å². The number of anilines is 1. The van der Waals surface area contributed by atoms with Crippen LogP contribution in [-0.2, 0) is 6.54 Å². The van der Waals surface area contributed by atoms with Crippen LogP contribution < -0.4 is 10.6 Å². The Bertz CT molecular complexity index is 682. The van der Waals surface area contributed by atoms with Gasteiger partial charge in [-0.2, -0.15) is 0 Å². The normalized spacial score (nSPS) is 14.7. The van der Waals surface area contributed by atoms with Crippen LogP contribution in [-0.4, -0.2) is 24.0 Å². The van der Waals surface area contributed by atoms with Crippen LogP contribution >= 0.6 is 23.5 Å². The van der Waals surface area contributed by atoms with Gasteiger partial charge in [0.2, 0.25) is 0 Å². The molecular weight excluding hydrogens is 336 g/mol. The Kier molecular flexibility index (Phi) is 6.24. The zero-order valence-electron chi connectivity index (χ0n) is 13.7. The van der Waals surface area contributed by atoms with Crippen molar-refractivity contribution in [2.45, 2.75) is 18.1 Å². The Morgan fingerprint density at radius 3 is 2.58 bits per heavy atom. The second kappa shape index (κ2) is 8.60. The Morgan fingerprint density at radius 2 is 1.88 bits per heavy atom. The van der Waals surface area contributed by atoms with Crippen molar-refractivity contribution in [3.05, 3.63) is 65.2 Å². The molecule has 0 spiro atoms. The molecule has 0 saturated carbocycles. The molecule has 0 bridgehead atoms. The minimum atomic E-state index is -0.0612. The summed E-state index contributed by atoms with van der Waals surface area (Å²) in [6.45, 7) is 3.82. The highest BCUT2D eigenvalue weighted by molar-refractivity contribution is 8.19. The molecule has 126 valence electrons. The summed E-state index contributed by atoms with van der Waals surface area (Å²) in [7, 11) is 0. The maximum atomic E-state index is 12.4. The molecule has 0 atom stereocenters. The van der Waals surface area contributed by atoms with Crippen LogP contribution in [0.1, 0.15) is 33.0 Å². The lowest BCUT2D eigenvalue weighted by Gasteiger charge is -2.10. The molecule has 0 aromatic heterocycles. The zero-order valence-corrected chi connectivity index (χ0v) is 15.4. The number of carbonyl (C=O) groups is 1. The van der Waals surface area contributed by atoms with E-state index in [2.05, 4.69) is 35.8 Å². The van der Waals surface area contributed by atoms with E-state index in [0.717, 1.165) is 18.8 Å². The van der Waals surface area contributed by atoms with Crippen LogP contribution in [0.2, 0.25) is 0 Å². The summed E-state index contributed by atoms with van der Waals surface area (Å²) in [4.78, 5) is 12.4.